The van der Waals surface area contributed by atoms with Crippen LogP contribution in [0.15, 0.2) is 24.4 Å². The minimum atomic E-state index is 0.0265. The Balaban J connectivity index is 1.76. The molecule has 1 N–H and O–H groups in total. The summed E-state index contributed by atoms with van der Waals surface area (Å²) < 4.78 is 13.4. The van der Waals surface area contributed by atoms with E-state index in [-0.39, 0.29) is 5.91 Å². The van der Waals surface area contributed by atoms with Crippen molar-refractivity contribution in [3.05, 3.63) is 39.2 Å². The molecule has 0 saturated heterocycles. The molecule has 1 amide bonds. The zero-order valence-corrected chi connectivity index (χ0v) is 16.3. The molecule has 0 spiro atoms. The van der Waals surface area contributed by atoms with E-state index in [1.165, 1.54) is 0 Å². The lowest BCUT2D eigenvalue weighted by Crippen LogP contribution is -2.26. The van der Waals surface area contributed by atoms with Crippen molar-refractivity contribution in [2.24, 2.45) is 0 Å². The van der Waals surface area contributed by atoms with Gasteiger partial charge >= 0.3 is 0 Å². The average Bonchev–Trinajstić information content (AvgIpc) is 2.91. The van der Waals surface area contributed by atoms with Gasteiger partial charge < -0.3 is 14.8 Å². The molecule has 0 fully saturated rings. The van der Waals surface area contributed by atoms with Crippen LogP contribution in [0.25, 0.3) is 0 Å². The SMILES string of the molecule is COc1ccc(CCNC(=O)CCn2cc(I)c(C)n2)cc1OC. The smallest absolute Gasteiger partial charge is 0.221 e. The number of hydrogen-bond acceptors (Lipinski definition) is 4. The zero-order chi connectivity index (χ0) is 17.5. The third kappa shape index (κ3) is 5.12. The van der Waals surface area contributed by atoms with Crippen molar-refractivity contribution in [2.45, 2.75) is 26.3 Å². The first-order valence-electron chi connectivity index (χ1n) is 7.70. The number of benzene rings is 1. The zero-order valence-electron chi connectivity index (χ0n) is 14.1. The summed E-state index contributed by atoms with van der Waals surface area (Å²) in [6.07, 6.45) is 3.11. The molecule has 6 nitrogen and oxygen atoms in total. The maximum absolute atomic E-state index is 11.9. The Morgan fingerprint density at radius 1 is 1.29 bits per heavy atom. The number of ether oxygens (including phenoxy) is 2. The number of methoxy groups -OCH3 is 2. The van der Waals surface area contributed by atoms with E-state index in [2.05, 4.69) is 33.0 Å². The van der Waals surface area contributed by atoms with Crippen LogP contribution in [-0.4, -0.2) is 36.5 Å². The van der Waals surface area contributed by atoms with Gasteiger partial charge in [0.15, 0.2) is 11.5 Å². The number of aryl methyl sites for hydroxylation is 2. The molecule has 1 aromatic carbocycles. The van der Waals surface area contributed by atoms with Crippen LogP contribution in [0.5, 0.6) is 11.5 Å². The molecule has 0 unspecified atom stereocenters. The highest BCUT2D eigenvalue weighted by molar-refractivity contribution is 14.1. The Morgan fingerprint density at radius 3 is 2.67 bits per heavy atom. The Labute approximate surface area is 155 Å². The van der Waals surface area contributed by atoms with E-state index in [1.807, 2.05) is 36.0 Å². The molecule has 7 heteroatoms. The van der Waals surface area contributed by atoms with Gasteiger partial charge in [-0.3, -0.25) is 9.48 Å². The first-order valence-corrected chi connectivity index (χ1v) is 8.78. The summed E-state index contributed by atoms with van der Waals surface area (Å²) in [4.78, 5) is 11.9. The number of halogens is 1. The van der Waals surface area contributed by atoms with Crippen LogP contribution in [0.3, 0.4) is 0 Å². The molecule has 0 aliphatic carbocycles. The number of rotatable bonds is 8. The van der Waals surface area contributed by atoms with Gasteiger partial charge in [-0.25, -0.2) is 0 Å². The highest BCUT2D eigenvalue weighted by atomic mass is 127. The lowest BCUT2D eigenvalue weighted by molar-refractivity contribution is -0.121. The predicted octanol–water partition coefficient (Wildman–Crippen LogP) is 2.56. The van der Waals surface area contributed by atoms with Gasteiger partial charge in [-0.15, -0.1) is 0 Å². The van der Waals surface area contributed by atoms with Crippen molar-refractivity contribution < 1.29 is 14.3 Å². The average molecular weight is 443 g/mol. The van der Waals surface area contributed by atoms with Crippen molar-refractivity contribution in [3.63, 3.8) is 0 Å². The predicted molar refractivity (Wildman–Crippen MR) is 101 cm³/mol. The molecule has 1 heterocycles. The molecule has 0 atom stereocenters. The second-order valence-electron chi connectivity index (χ2n) is 5.36. The topological polar surface area (TPSA) is 65.4 Å². The Hall–Kier alpha value is -1.77. The molecular formula is C17H22IN3O3. The number of nitrogens with zero attached hydrogens (tertiary/aromatic N) is 2. The molecule has 0 aliphatic rings. The van der Waals surface area contributed by atoms with Crippen LogP contribution >= 0.6 is 22.6 Å². The summed E-state index contributed by atoms with van der Waals surface area (Å²) in [5.74, 6) is 1.43. The molecule has 0 aliphatic heterocycles. The van der Waals surface area contributed by atoms with Crippen molar-refractivity contribution in [2.75, 3.05) is 20.8 Å². The highest BCUT2D eigenvalue weighted by Crippen LogP contribution is 2.27. The van der Waals surface area contributed by atoms with Crippen LogP contribution in [-0.2, 0) is 17.8 Å². The molecule has 2 aromatic rings. The van der Waals surface area contributed by atoms with Crippen LogP contribution in [0.2, 0.25) is 0 Å². The molecule has 1 aromatic heterocycles. The fraction of sp³-hybridized carbons (Fsp3) is 0.412. The van der Waals surface area contributed by atoms with Gasteiger partial charge in [-0.05, 0) is 53.6 Å². The van der Waals surface area contributed by atoms with Crippen LogP contribution in [0.4, 0.5) is 0 Å². The largest absolute Gasteiger partial charge is 0.493 e. The second-order valence-corrected chi connectivity index (χ2v) is 6.53. The second kappa shape index (κ2) is 8.91. The van der Waals surface area contributed by atoms with Crippen LogP contribution < -0.4 is 14.8 Å². The van der Waals surface area contributed by atoms with E-state index in [1.54, 1.807) is 14.2 Å². The van der Waals surface area contributed by atoms with E-state index in [0.717, 1.165) is 21.2 Å². The van der Waals surface area contributed by atoms with Gasteiger partial charge in [0.2, 0.25) is 5.91 Å². The lowest BCUT2D eigenvalue weighted by Gasteiger charge is -2.10. The van der Waals surface area contributed by atoms with Crippen molar-refractivity contribution in [1.29, 1.82) is 0 Å². The Morgan fingerprint density at radius 2 is 2.04 bits per heavy atom. The van der Waals surface area contributed by atoms with Gasteiger partial charge in [0, 0.05) is 25.7 Å². The van der Waals surface area contributed by atoms with E-state index in [4.69, 9.17) is 9.47 Å². The van der Waals surface area contributed by atoms with Crippen molar-refractivity contribution in [3.8, 4) is 11.5 Å². The molecule has 24 heavy (non-hydrogen) atoms. The van der Waals surface area contributed by atoms with Crippen molar-refractivity contribution >= 4 is 28.5 Å². The van der Waals surface area contributed by atoms with Gasteiger partial charge in [-0.1, -0.05) is 6.07 Å². The van der Waals surface area contributed by atoms with Gasteiger partial charge in [-0.2, -0.15) is 5.10 Å². The number of carbonyl (C=O) groups excluding carboxylic acids is 1. The summed E-state index contributed by atoms with van der Waals surface area (Å²) in [5, 5.41) is 7.28. The lowest BCUT2D eigenvalue weighted by atomic mass is 10.1. The van der Waals surface area contributed by atoms with E-state index >= 15 is 0 Å². The summed E-state index contributed by atoms with van der Waals surface area (Å²) in [5.41, 5.74) is 2.08. The maximum atomic E-state index is 11.9. The molecule has 0 radical (unpaired) electrons. The molecule has 0 saturated carbocycles. The van der Waals surface area contributed by atoms with Gasteiger partial charge in [0.05, 0.1) is 23.5 Å². The highest BCUT2D eigenvalue weighted by Gasteiger charge is 2.07. The Kier molecular flexibility index (Phi) is 6.89. The van der Waals surface area contributed by atoms with E-state index < -0.39 is 0 Å². The standard InChI is InChI=1S/C17H22IN3O3/c1-12-14(18)11-21(20-12)9-7-17(22)19-8-6-13-4-5-15(23-2)16(10-13)24-3/h4-5,10-11H,6-9H2,1-3H3,(H,19,22). The number of aromatic nitrogens is 2. The summed E-state index contributed by atoms with van der Waals surface area (Å²) in [7, 11) is 3.22. The van der Waals surface area contributed by atoms with Crippen LogP contribution in [0, 0.1) is 10.5 Å². The summed E-state index contributed by atoms with van der Waals surface area (Å²) in [6, 6.07) is 5.78. The fourth-order valence-electron chi connectivity index (χ4n) is 2.29. The molecule has 2 rings (SSSR count). The first kappa shape index (κ1) is 18.6. The number of nitrogens with one attached hydrogen (secondary N) is 1. The number of hydrogen-bond donors (Lipinski definition) is 1. The first-order chi connectivity index (χ1) is 11.5. The normalized spacial score (nSPS) is 10.5. The summed E-state index contributed by atoms with van der Waals surface area (Å²) >= 11 is 2.24. The van der Waals surface area contributed by atoms with Gasteiger partial charge in [0.1, 0.15) is 0 Å². The van der Waals surface area contributed by atoms with Crippen LogP contribution in [0.1, 0.15) is 17.7 Å². The minimum absolute atomic E-state index is 0.0265. The third-order valence-electron chi connectivity index (χ3n) is 3.64. The quantitative estimate of drug-likeness (QED) is 0.638. The molecule has 0 bridgehead atoms. The molecular weight excluding hydrogens is 421 g/mol. The van der Waals surface area contributed by atoms with E-state index in [9.17, 15) is 4.79 Å². The third-order valence-corrected chi connectivity index (χ3v) is 4.70. The minimum Gasteiger partial charge on any atom is -0.493 e. The Bertz CT molecular complexity index is 681. The fourth-order valence-corrected chi connectivity index (χ4v) is 2.72. The number of amides is 1. The van der Waals surface area contributed by atoms with E-state index in [0.29, 0.717) is 31.0 Å². The maximum Gasteiger partial charge on any atom is 0.221 e. The number of carbonyl (C=O) groups is 1. The monoisotopic (exact) mass is 443 g/mol. The van der Waals surface area contributed by atoms with Gasteiger partial charge in [0.25, 0.3) is 0 Å². The molecule has 130 valence electrons. The van der Waals surface area contributed by atoms with Crippen molar-refractivity contribution in [1.82, 2.24) is 15.1 Å². The summed E-state index contributed by atoms with van der Waals surface area (Å²) in [6.45, 7) is 3.14.